The number of ether oxygens (including phenoxy) is 1. The fraction of sp³-hybridized carbons (Fsp3) is 0.933. The molecule has 1 aliphatic heterocycles. The van der Waals surface area contributed by atoms with Crippen molar-refractivity contribution in [3.63, 3.8) is 0 Å². The molecule has 2 unspecified atom stereocenters. The Bertz CT molecular complexity index is 346. The highest BCUT2D eigenvalue weighted by atomic mass is 32.2. The Labute approximate surface area is 132 Å². The molecule has 0 aromatic heterocycles. The van der Waals surface area contributed by atoms with Crippen molar-refractivity contribution < 1.29 is 9.84 Å². The molecule has 2 fully saturated rings. The van der Waals surface area contributed by atoms with Crippen LogP contribution in [0.3, 0.4) is 0 Å². The van der Waals surface area contributed by atoms with Gasteiger partial charge >= 0.3 is 0 Å². The Morgan fingerprint density at radius 1 is 1.38 bits per heavy atom. The van der Waals surface area contributed by atoms with Gasteiger partial charge in [-0.2, -0.15) is 11.8 Å². The molecule has 1 heterocycles. The van der Waals surface area contributed by atoms with Gasteiger partial charge in [-0.25, -0.2) is 0 Å². The lowest BCUT2D eigenvalue weighted by atomic mass is 9.95. The Balaban J connectivity index is 1.86. The third-order valence-corrected chi connectivity index (χ3v) is 5.45. The predicted octanol–water partition coefficient (Wildman–Crippen LogP) is 1.37. The van der Waals surface area contributed by atoms with Gasteiger partial charge in [0.25, 0.3) is 0 Å². The highest BCUT2D eigenvalue weighted by Crippen LogP contribution is 2.28. The number of nitrogens with one attached hydrogen (secondary N) is 2. The Hall–Kier alpha value is -0.460. The van der Waals surface area contributed by atoms with Gasteiger partial charge in [0.1, 0.15) is 0 Å². The summed E-state index contributed by atoms with van der Waals surface area (Å²) >= 11 is 1.96. The van der Waals surface area contributed by atoms with Crippen molar-refractivity contribution in [2.45, 2.75) is 55.9 Å². The van der Waals surface area contributed by atoms with E-state index in [9.17, 15) is 5.11 Å². The normalized spacial score (nSPS) is 29.4. The van der Waals surface area contributed by atoms with Crippen molar-refractivity contribution in [1.29, 1.82) is 0 Å². The van der Waals surface area contributed by atoms with Gasteiger partial charge in [0.2, 0.25) is 0 Å². The first-order chi connectivity index (χ1) is 10.1. The summed E-state index contributed by atoms with van der Waals surface area (Å²) in [5.74, 6) is 0.837. The van der Waals surface area contributed by atoms with Gasteiger partial charge in [-0.1, -0.05) is 0 Å². The van der Waals surface area contributed by atoms with Crippen LogP contribution in [0.1, 0.15) is 39.0 Å². The zero-order valence-corrected chi connectivity index (χ0v) is 14.0. The van der Waals surface area contributed by atoms with Gasteiger partial charge < -0.3 is 20.5 Å². The number of rotatable bonds is 5. The molecule has 5 nitrogen and oxygen atoms in total. The average molecular weight is 315 g/mol. The molecule has 1 aliphatic carbocycles. The van der Waals surface area contributed by atoms with E-state index in [2.05, 4.69) is 28.8 Å². The molecule has 0 aromatic rings. The Kier molecular flexibility index (Phi) is 6.64. The van der Waals surface area contributed by atoms with Crippen LogP contribution in [-0.2, 0) is 4.74 Å². The molecule has 0 bridgehead atoms. The van der Waals surface area contributed by atoms with Crippen molar-refractivity contribution in [1.82, 2.24) is 10.6 Å². The molecule has 0 radical (unpaired) electrons. The van der Waals surface area contributed by atoms with Crippen LogP contribution >= 0.6 is 11.8 Å². The number of aliphatic hydroxyl groups is 1. The maximum atomic E-state index is 10.5. The highest BCUT2D eigenvalue weighted by molar-refractivity contribution is 7.99. The SMILES string of the molecule is CCNC(=NCC1(O)CCOCC1)NC1CCC(SC)C1. The number of hydrogen-bond donors (Lipinski definition) is 3. The summed E-state index contributed by atoms with van der Waals surface area (Å²) in [4.78, 5) is 4.61. The first-order valence-electron chi connectivity index (χ1n) is 8.03. The van der Waals surface area contributed by atoms with E-state index in [1.165, 1.54) is 19.3 Å². The molecule has 3 N–H and O–H groups in total. The Morgan fingerprint density at radius 2 is 2.14 bits per heavy atom. The number of nitrogens with zero attached hydrogens (tertiary/aromatic N) is 1. The van der Waals surface area contributed by atoms with Gasteiger partial charge in [0.15, 0.2) is 5.96 Å². The maximum absolute atomic E-state index is 10.5. The lowest BCUT2D eigenvalue weighted by Crippen LogP contribution is -2.45. The average Bonchev–Trinajstić information content (AvgIpc) is 2.94. The zero-order chi connectivity index (χ0) is 15.1. The molecule has 21 heavy (non-hydrogen) atoms. The number of thioether (sulfide) groups is 1. The van der Waals surface area contributed by atoms with Gasteiger partial charge in [-0.15, -0.1) is 0 Å². The van der Waals surface area contributed by atoms with E-state index in [-0.39, 0.29) is 0 Å². The first kappa shape index (κ1) is 16.9. The minimum atomic E-state index is -0.696. The lowest BCUT2D eigenvalue weighted by Gasteiger charge is -2.30. The van der Waals surface area contributed by atoms with Crippen LogP contribution < -0.4 is 10.6 Å². The molecule has 0 spiro atoms. The zero-order valence-electron chi connectivity index (χ0n) is 13.2. The minimum absolute atomic E-state index is 0.449. The molecule has 1 saturated heterocycles. The highest BCUT2D eigenvalue weighted by Gasteiger charge is 2.30. The van der Waals surface area contributed by atoms with Crippen molar-refractivity contribution in [2.75, 3.05) is 32.6 Å². The van der Waals surface area contributed by atoms with E-state index in [1.807, 2.05) is 11.8 Å². The summed E-state index contributed by atoms with van der Waals surface area (Å²) in [6.45, 7) is 4.62. The molecule has 6 heteroatoms. The van der Waals surface area contributed by atoms with Gasteiger partial charge in [-0.05, 0) is 32.4 Å². The maximum Gasteiger partial charge on any atom is 0.191 e. The van der Waals surface area contributed by atoms with Crippen LogP contribution in [0.15, 0.2) is 4.99 Å². The fourth-order valence-electron chi connectivity index (χ4n) is 2.93. The van der Waals surface area contributed by atoms with Crippen LogP contribution in [0.2, 0.25) is 0 Å². The fourth-order valence-corrected chi connectivity index (χ4v) is 3.73. The summed E-state index contributed by atoms with van der Waals surface area (Å²) < 4.78 is 5.31. The van der Waals surface area contributed by atoms with E-state index in [0.717, 1.165) is 17.8 Å². The Morgan fingerprint density at radius 3 is 2.76 bits per heavy atom. The molecule has 2 rings (SSSR count). The second-order valence-electron chi connectivity index (χ2n) is 6.04. The number of guanidine groups is 1. The van der Waals surface area contributed by atoms with Gasteiger partial charge in [0.05, 0.1) is 12.1 Å². The number of hydrogen-bond acceptors (Lipinski definition) is 4. The standard InChI is InChI=1S/C15H29N3O2S/c1-3-16-14(18-12-4-5-13(10-12)21-2)17-11-15(19)6-8-20-9-7-15/h12-13,19H,3-11H2,1-2H3,(H2,16,17,18). The molecule has 2 aliphatic rings. The topological polar surface area (TPSA) is 65.9 Å². The van der Waals surface area contributed by atoms with Crippen molar-refractivity contribution in [3.8, 4) is 0 Å². The third-order valence-electron chi connectivity index (χ3n) is 4.36. The largest absolute Gasteiger partial charge is 0.388 e. The summed E-state index contributed by atoms with van der Waals surface area (Å²) in [5.41, 5.74) is -0.696. The number of aliphatic imine (C=N–C) groups is 1. The van der Waals surface area contributed by atoms with Crippen molar-refractivity contribution >= 4 is 17.7 Å². The smallest absolute Gasteiger partial charge is 0.191 e. The van der Waals surface area contributed by atoms with Gasteiger partial charge in [0, 0.05) is 43.9 Å². The second-order valence-corrected chi connectivity index (χ2v) is 7.18. The summed E-state index contributed by atoms with van der Waals surface area (Å²) in [7, 11) is 0. The van der Waals surface area contributed by atoms with E-state index < -0.39 is 5.60 Å². The third kappa shape index (κ3) is 5.34. The van der Waals surface area contributed by atoms with Crippen LogP contribution in [0.4, 0.5) is 0 Å². The predicted molar refractivity (Wildman–Crippen MR) is 89.1 cm³/mol. The van der Waals surface area contributed by atoms with Crippen LogP contribution in [0.25, 0.3) is 0 Å². The van der Waals surface area contributed by atoms with Crippen molar-refractivity contribution in [2.24, 2.45) is 4.99 Å². The first-order valence-corrected chi connectivity index (χ1v) is 9.32. The second kappa shape index (κ2) is 8.25. The molecule has 0 amide bonds. The van der Waals surface area contributed by atoms with E-state index >= 15 is 0 Å². The molecule has 2 atom stereocenters. The summed E-state index contributed by atoms with van der Waals surface area (Å²) in [6.07, 6.45) is 7.21. The monoisotopic (exact) mass is 315 g/mol. The van der Waals surface area contributed by atoms with Crippen molar-refractivity contribution in [3.05, 3.63) is 0 Å². The quantitative estimate of drug-likeness (QED) is 0.528. The molecular formula is C15H29N3O2S. The van der Waals surface area contributed by atoms with E-state index in [0.29, 0.717) is 38.6 Å². The van der Waals surface area contributed by atoms with Crippen LogP contribution in [0, 0.1) is 0 Å². The van der Waals surface area contributed by atoms with E-state index in [1.54, 1.807) is 0 Å². The van der Waals surface area contributed by atoms with Crippen LogP contribution in [0.5, 0.6) is 0 Å². The molecule has 122 valence electrons. The molecule has 1 saturated carbocycles. The summed E-state index contributed by atoms with van der Waals surface area (Å²) in [6, 6.07) is 0.504. The van der Waals surface area contributed by atoms with Gasteiger partial charge in [-0.3, -0.25) is 4.99 Å². The summed E-state index contributed by atoms with van der Waals surface area (Å²) in [5, 5.41) is 18.1. The van der Waals surface area contributed by atoms with Crippen LogP contribution in [-0.4, -0.2) is 60.5 Å². The van der Waals surface area contributed by atoms with E-state index in [4.69, 9.17) is 4.74 Å². The minimum Gasteiger partial charge on any atom is -0.388 e. The lowest BCUT2D eigenvalue weighted by molar-refractivity contribution is -0.0566. The molecule has 0 aromatic carbocycles. The molecular weight excluding hydrogens is 286 g/mol.